The first-order chi connectivity index (χ1) is 4.61. The molecule has 0 nitrogen and oxygen atoms in total. The monoisotopic (exact) mass is 206 g/mol. The van der Waals surface area contributed by atoms with E-state index in [-0.39, 0.29) is 5.25 Å². The number of hydrogen-bond acceptors (Lipinski definition) is 4. The summed E-state index contributed by atoms with van der Waals surface area (Å²) in [7, 11) is 0. The van der Waals surface area contributed by atoms with Gasteiger partial charge in [-0.2, -0.15) is 12.6 Å². The highest BCUT2D eigenvalue weighted by molar-refractivity contribution is 7.91. The molecule has 1 saturated carbocycles. The Balaban J connectivity index is 2.76. The molecule has 0 aromatic rings. The first kappa shape index (κ1) is 8.71. The summed E-state index contributed by atoms with van der Waals surface area (Å²) in [5.41, 5.74) is 0. The molecule has 0 bridgehead atoms. The minimum Gasteiger partial charge on any atom is -0.165 e. The zero-order valence-corrected chi connectivity index (χ0v) is 8.51. The van der Waals surface area contributed by atoms with Crippen molar-refractivity contribution in [1.82, 2.24) is 0 Å². The fourth-order valence-corrected chi connectivity index (χ4v) is 2.21. The minimum atomic E-state index is 0.0247. The highest BCUT2D eigenvalue weighted by Gasteiger charge is 2.22. The van der Waals surface area contributed by atoms with Crippen LogP contribution < -0.4 is 0 Å². The largest absolute Gasteiger partial charge is 0.165 e. The van der Waals surface area contributed by atoms with Crippen molar-refractivity contribution in [2.75, 3.05) is 0 Å². The minimum absolute atomic E-state index is 0.0247. The van der Waals surface area contributed by atoms with E-state index in [0.717, 1.165) is 27.4 Å². The van der Waals surface area contributed by atoms with Crippen LogP contribution in [0.1, 0.15) is 12.8 Å². The van der Waals surface area contributed by atoms with E-state index in [0.29, 0.717) is 0 Å². The molecule has 0 unspecified atom stereocenters. The van der Waals surface area contributed by atoms with Gasteiger partial charge in [0, 0.05) is 27.4 Å². The SMILES string of the molecule is S=C1CC(=S)C(S)C(=S)C1. The average molecular weight is 206 g/mol. The van der Waals surface area contributed by atoms with Gasteiger partial charge in [-0.15, -0.1) is 0 Å². The molecule has 0 aromatic heterocycles. The Kier molecular flexibility index (Phi) is 2.91. The van der Waals surface area contributed by atoms with Crippen LogP contribution in [0.25, 0.3) is 0 Å². The molecule has 1 rings (SSSR count). The molecule has 0 spiro atoms. The topological polar surface area (TPSA) is 0 Å². The third-order valence-electron chi connectivity index (χ3n) is 1.35. The Labute approximate surface area is 81.8 Å². The van der Waals surface area contributed by atoms with Gasteiger partial charge in [0.15, 0.2) is 0 Å². The van der Waals surface area contributed by atoms with Crippen molar-refractivity contribution in [2.45, 2.75) is 18.1 Å². The molecule has 0 amide bonds. The quantitative estimate of drug-likeness (QED) is 0.477. The number of rotatable bonds is 0. The van der Waals surface area contributed by atoms with E-state index in [4.69, 9.17) is 36.7 Å². The van der Waals surface area contributed by atoms with Crippen LogP contribution in [0.3, 0.4) is 0 Å². The lowest BCUT2D eigenvalue weighted by Gasteiger charge is -2.19. The van der Waals surface area contributed by atoms with Gasteiger partial charge < -0.3 is 0 Å². The van der Waals surface area contributed by atoms with Crippen LogP contribution in [0, 0.1) is 0 Å². The highest BCUT2D eigenvalue weighted by atomic mass is 32.1. The molecule has 4 heteroatoms. The summed E-state index contributed by atoms with van der Waals surface area (Å²) in [6.45, 7) is 0. The molecule has 0 aliphatic heterocycles. The Hall–Kier alpha value is 0.620. The van der Waals surface area contributed by atoms with Gasteiger partial charge in [0.25, 0.3) is 0 Å². The predicted octanol–water partition coefficient (Wildman–Crippen LogP) is 2.19. The normalized spacial score (nSPS) is 21.9. The number of thiol groups is 1. The Morgan fingerprint density at radius 1 is 1.10 bits per heavy atom. The van der Waals surface area contributed by atoms with Crippen molar-refractivity contribution in [3.63, 3.8) is 0 Å². The van der Waals surface area contributed by atoms with Crippen LogP contribution in [0.4, 0.5) is 0 Å². The molecule has 54 valence electrons. The van der Waals surface area contributed by atoms with Gasteiger partial charge in [0.1, 0.15) is 0 Å². The van der Waals surface area contributed by atoms with Gasteiger partial charge in [0.2, 0.25) is 0 Å². The molecule has 1 fully saturated rings. The van der Waals surface area contributed by atoms with E-state index in [1.54, 1.807) is 0 Å². The van der Waals surface area contributed by atoms with Crippen LogP contribution in [-0.2, 0) is 0 Å². The maximum Gasteiger partial charge on any atom is 0.0649 e. The van der Waals surface area contributed by atoms with Gasteiger partial charge in [0.05, 0.1) is 5.25 Å². The van der Waals surface area contributed by atoms with Gasteiger partial charge in [-0.25, -0.2) is 0 Å². The van der Waals surface area contributed by atoms with Gasteiger partial charge in [-0.1, -0.05) is 36.7 Å². The Morgan fingerprint density at radius 2 is 1.50 bits per heavy atom. The van der Waals surface area contributed by atoms with E-state index < -0.39 is 0 Å². The fraction of sp³-hybridized carbons (Fsp3) is 0.500. The summed E-state index contributed by atoms with van der Waals surface area (Å²) in [5, 5.41) is 0.0247. The molecule has 0 aromatic carbocycles. The molecular formula is C6H6S4. The molecule has 0 saturated heterocycles. The summed E-state index contributed by atoms with van der Waals surface area (Å²) >= 11 is 19.3. The van der Waals surface area contributed by atoms with Gasteiger partial charge >= 0.3 is 0 Å². The standard InChI is InChI=1S/C6H6S4/c7-3-1-4(8)6(10)5(9)2-3/h6,10H,1-2H2. The lowest BCUT2D eigenvalue weighted by atomic mass is 9.99. The smallest absolute Gasteiger partial charge is 0.0649 e. The second kappa shape index (κ2) is 3.34. The van der Waals surface area contributed by atoms with Crippen LogP contribution >= 0.6 is 49.3 Å². The Bertz CT molecular complexity index is 186. The third kappa shape index (κ3) is 1.81. The molecule has 10 heavy (non-hydrogen) atoms. The molecule has 0 heterocycles. The molecule has 0 radical (unpaired) electrons. The third-order valence-corrected chi connectivity index (χ3v) is 3.37. The first-order valence-electron chi connectivity index (χ1n) is 2.86. The molecular weight excluding hydrogens is 200 g/mol. The molecule has 1 aliphatic carbocycles. The number of thiocarbonyl (C=S) groups is 3. The zero-order valence-electron chi connectivity index (χ0n) is 5.16. The Morgan fingerprint density at radius 3 is 1.90 bits per heavy atom. The summed E-state index contributed by atoms with van der Waals surface area (Å²) in [6, 6.07) is 0. The lowest BCUT2D eigenvalue weighted by Crippen LogP contribution is -2.31. The molecule has 1 aliphatic rings. The maximum atomic E-state index is 5.03. The van der Waals surface area contributed by atoms with Crippen LogP contribution in [0.15, 0.2) is 0 Å². The highest BCUT2D eigenvalue weighted by Crippen LogP contribution is 2.17. The first-order valence-corrected chi connectivity index (χ1v) is 4.60. The van der Waals surface area contributed by atoms with Crippen LogP contribution in [0.2, 0.25) is 0 Å². The molecule has 0 N–H and O–H groups in total. The molecule has 0 atom stereocenters. The number of hydrogen-bond donors (Lipinski definition) is 1. The van der Waals surface area contributed by atoms with E-state index >= 15 is 0 Å². The van der Waals surface area contributed by atoms with Crippen LogP contribution in [0.5, 0.6) is 0 Å². The summed E-state index contributed by atoms with van der Waals surface area (Å²) in [4.78, 5) is 2.72. The van der Waals surface area contributed by atoms with Crippen LogP contribution in [-0.4, -0.2) is 19.8 Å². The second-order valence-electron chi connectivity index (χ2n) is 2.23. The predicted molar refractivity (Wildman–Crippen MR) is 59.8 cm³/mol. The zero-order chi connectivity index (χ0) is 7.72. The van der Waals surface area contributed by atoms with Crippen molar-refractivity contribution in [1.29, 1.82) is 0 Å². The van der Waals surface area contributed by atoms with E-state index in [9.17, 15) is 0 Å². The van der Waals surface area contributed by atoms with Crippen molar-refractivity contribution in [3.05, 3.63) is 0 Å². The average Bonchev–Trinajstić information content (AvgIpc) is 1.82. The van der Waals surface area contributed by atoms with E-state index in [1.807, 2.05) is 0 Å². The summed E-state index contributed by atoms with van der Waals surface area (Å²) < 4.78 is 0. The fourth-order valence-electron chi connectivity index (χ4n) is 0.824. The van der Waals surface area contributed by atoms with Crippen molar-refractivity contribution in [3.8, 4) is 0 Å². The van der Waals surface area contributed by atoms with Gasteiger partial charge in [-0.3, -0.25) is 0 Å². The van der Waals surface area contributed by atoms with E-state index in [1.165, 1.54) is 0 Å². The van der Waals surface area contributed by atoms with E-state index in [2.05, 4.69) is 12.6 Å². The van der Waals surface area contributed by atoms with Crippen molar-refractivity contribution >= 4 is 63.9 Å². The summed E-state index contributed by atoms with van der Waals surface area (Å²) in [6.07, 6.45) is 1.50. The lowest BCUT2D eigenvalue weighted by molar-refractivity contribution is 1.39. The second-order valence-corrected chi connectivity index (χ2v) is 4.37. The summed E-state index contributed by atoms with van der Waals surface area (Å²) in [5.74, 6) is 0. The van der Waals surface area contributed by atoms with Crippen molar-refractivity contribution < 1.29 is 0 Å². The van der Waals surface area contributed by atoms with Crippen molar-refractivity contribution in [2.24, 2.45) is 0 Å². The van der Waals surface area contributed by atoms with Gasteiger partial charge in [-0.05, 0) is 0 Å². The maximum absolute atomic E-state index is 5.03.